The summed E-state index contributed by atoms with van der Waals surface area (Å²) in [6, 6.07) is 18.2. The van der Waals surface area contributed by atoms with Crippen molar-refractivity contribution in [1.29, 1.82) is 0 Å². The molecule has 2 aliphatic rings. The minimum atomic E-state index is -0.688. The van der Waals surface area contributed by atoms with E-state index in [9.17, 15) is 19.5 Å². The zero-order chi connectivity index (χ0) is 25.8. The fourth-order valence-electron chi connectivity index (χ4n) is 4.17. The smallest absolute Gasteiger partial charge is 0.356 e. The molecule has 1 saturated heterocycles. The molecule has 0 unspecified atom stereocenters. The Morgan fingerprint density at radius 2 is 1.86 bits per heavy atom. The molecular weight excluding hydrogens is 531 g/mol. The van der Waals surface area contributed by atoms with Gasteiger partial charge in [0, 0.05) is 29.1 Å². The number of benzene rings is 2. The van der Waals surface area contributed by atoms with Crippen LogP contribution in [0.4, 0.5) is 0 Å². The second-order valence-electron chi connectivity index (χ2n) is 8.23. The Kier molecular flexibility index (Phi) is 7.94. The minimum Gasteiger partial charge on any atom is -0.448 e. The van der Waals surface area contributed by atoms with Crippen LogP contribution in [0, 0.1) is 0 Å². The molecule has 5 rings (SSSR count). The number of rotatable bonds is 10. The van der Waals surface area contributed by atoms with Crippen molar-refractivity contribution in [2.24, 2.45) is 0 Å². The van der Waals surface area contributed by atoms with Crippen LogP contribution < -0.4 is 5.32 Å². The average molecular weight is 554 g/mol. The number of fused-ring (bicyclic) bond motifs is 1. The third-order valence-corrected chi connectivity index (χ3v) is 9.45. The van der Waals surface area contributed by atoms with E-state index in [-0.39, 0.29) is 18.2 Å². The van der Waals surface area contributed by atoms with E-state index < -0.39 is 23.5 Å². The van der Waals surface area contributed by atoms with E-state index in [0.717, 1.165) is 16.8 Å². The second-order valence-corrected chi connectivity index (χ2v) is 11.5. The first-order valence-corrected chi connectivity index (χ1v) is 14.3. The Morgan fingerprint density at radius 3 is 2.49 bits per heavy atom. The van der Waals surface area contributed by atoms with Crippen LogP contribution in [0.1, 0.15) is 22.9 Å². The number of β-lactam (4-membered cyclic amide) rings is 1. The molecule has 8 nitrogen and oxygen atoms in total. The fourth-order valence-corrected chi connectivity index (χ4v) is 7.68. The molecule has 0 aliphatic carbocycles. The lowest BCUT2D eigenvalue weighted by Gasteiger charge is -2.49. The number of aromatic nitrogens is 1. The van der Waals surface area contributed by atoms with E-state index in [2.05, 4.69) is 10.3 Å². The first kappa shape index (κ1) is 25.5. The summed E-state index contributed by atoms with van der Waals surface area (Å²) < 4.78 is 6.83. The maximum absolute atomic E-state index is 13.8. The van der Waals surface area contributed by atoms with Crippen molar-refractivity contribution in [2.45, 2.75) is 28.3 Å². The lowest BCUT2D eigenvalue weighted by molar-refractivity contribution is -0.154. The zero-order valence-corrected chi connectivity index (χ0v) is 21.9. The van der Waals surface area contributed by atoms with Gasteiger partial charge in [-0.25, -0.2) is 9.78 Å². The number of carbonyl (C=O) groups is 3. The van der Waals surface area contributed by atoms with Gasteiger partial charge in [0.1, 0.15) is 17.1 Å². The normalized spacial score (nSPS) is 18.9. The number of carbonyl (C=O) groups excluding carboxylic acids is 3. The van der Waals surface area contributed by atoms with E-state index >= 15 is 0 Å². The zero-order valence-electron chi connectivity index (χ0n) is 19.5. The maximum atomic E-state index is 13.8. The first-order chi connectivity index (χ1) is 18.1. The summed E-state index contributed by atoms with van der Waals surface area (Å²) in [6.07, 6.45) is 0.283. The van der Waals surface area contributed by atoms with Gasteiger partial charge in [0.2, 0.25) is 6.41 Å². The number of amides is 2. The van der Waals surface area contributed by atoms with Crippen LogP contribution in [0.3, 0.4) is 0 Å². The van der Waals surface area contributed by atoms with Gasteiger partial charge < -0.3 is 15.2 Å². The number of thiazole rings is 1. The quantitative estimate of drug-likeness (QED) is 0.224. The van der Waals surface area contributed by atoms with Crippen molar-refractivity contribution in [1.82, 2.24) is 15.2 Å². The summed E-state index contributed by atoms with van der Waals surface area (Å²) in [5.74, 6) is -0.516. The lowest BCUT2D eigenvalue weighted by atomic mass is 10.0. The molecule has 37 heavy (non-hydrogen) atoms. The third kappa shape index (κ3) is 5.30. The molecule has 1 fully saturated rings. The second kappa shape index (κ2) is 11.5. The Hall–Kier alpha value is -3.12. The SMILES string of the molecule is O=CN[C@@H]1C(=O)N2C(C(=O)OC(c3ccccc3)c3ccccc3)=C(Sc3nc(CCO)cs3)CS[C@H]12. The molecule has 0 bridgehead atoms. The van der Waals surface area contributed by atoms with Gasteiger partial charge in [-0.2, -0.15) is 0 Å². The maximum Gasteiger partial charge on any atom is 0.356 e. The monoisotopic (exact) mass is 553 g/mol. The van der Waals surface area contributed by atoms with Crippen LogP contribution >= 0.6 is 34.9 Å². The van der Waals surface area contributed by atoms with Crippen molar-refractivity contribution in [3.05, 3.63) is 93.5 Å². The van der Waals surface area contributed by atoms with Crippen LogP contribution in [0.2, 0.25) is 0 Å². The van der Waals surface area contributed by atoms with Gasteiger partial charge in [-0.3, -0.25) is 14.5 Å². The molecule has 2 aromatic carbocycles. The molecule has 1 aromatic heterocycles. The van der Waals surface area contributed by atoms with Crippen LogP contribution in [0.25, 0.3) is 0 Å². The van der Waals surface area contributed by atoms with Gasteiger partial charge in [0.25, 0.3) is 5.91 Å². The Morgan fingerprint density at radius 1 is 1.19 bits per heavy atom. The van der Waals surface area contributed by atoms with Crippen molar-refractivity contribution in [2.75, 3.05) is 12.4 Å². The number of thioether (sulfide) groups is 2. The lowest BCUT2D eigenvalue weighted by Crippen LogP contribution is -2.69. The van der Waals surface area contributed by atoms with E-state index in [1.807, 2.05) is 66.0 Å². The Bertz CT molecular complexity index is 1280. The van der Waals surface area contributed by atoms with Crippen LogP contribution in [0.5, 0.6) is 0 Å². The number of nitrogens with zero attached hydrogens (tertiary/aromatic N) is 2. The number of hydrogen-bond donors (Lipinski definition) is 2. The van der Waals surface area contributed by atoms with E-state index in [1.54, 1.807) is 0 Å². The number of aliphatic hydroxyl groups excluding tert-OH is 1. The number of ether oxygens (including phenoxy) is 1. The third-order valence-electron chi connectivity index (χ3n) is 5.91. The largest absolute Gasteiger partial charge is 0.448 e. The van der Waals surface area contributed by atoms with Gasteiger partial charge in [-0.15, -0.1) is 23.1 Å². The predicted molar refractivity (Wildman–Crippen MR) is 143 cm³/mol. The average Bonchev–Trinajstić information content (AvgIpc) is 3.37. The highest BCUT2D eigenvalue weighted by atomic mass is 32.2. The molecule has 2 aliphatic heterocycles. The van der Waals surface area contributed by atoms with Crippen molar-refractivity contribution < 1.29 is 24.2 Å². The van der Waals surface area contributed by atoms with Crippen LogP contribution in [-0.2, 0) is 25.5 Å². The molecule has 0 radical (unpaired) electrons. The van der Waals surface area contributed by atoms with Crippen molar-refractivity contribution in [3.63, 3.8) is 0 Å². The van der Waals surface area contributed by atoms with Crippen molar-refractivity contribution in [3.8, 4) is 0 Å². The van der Waals surface area contributed by atoms with Gasteiger partial charge >= 0.3 is 5.97 Å². The molecule has 3 aromatic rings. The highest BCUT2D eigenvalue weighted by Crippen LogP contribution is 2.46. The summed E-state index contributed by atoms with van der Waals surface area (Å²) in [5, 5.41) is 13.3. The molecule has 3 heterocycles. The number of hydrogen-bond acceptors (Lipinski definition) is 9. The first-order valence-electron chi connectivity index (χ1n) is 11.5. The van der Waals surface area contributed by atoms with Crippen molar-refractivity contribution >= 4 is 53.1 Å². The van der Waals surface area contributed by atoms with Gasteiger partial charge in [-0.1, -0.05) is 72.4 Å². The predicted octanol–water partition coefficient (Wildman–Crippen LogP) is 3.34. The molecule has 2 amide bonds. The molecule has 190 valence electrons. The summed E-state index contributed by atoms with van der Waals surface area (Å²) in [4.78, 5) is 44.5. The van der Waals surface area contributed by atoms with E-state index in [0.29, 0.717) is 27.8 Å². The fraction of sp³-hybridized carbons (Fsp3) is 0.231. The van der Waals surface area contributed by atoms with E-state index in [4.69, 9.17) is 4.74 Å². The Balaban J connectivity index is 1.49. The molecule has 2 atom stereocenters. The summed E-state index contributed by atoms with van der Waals surface area (Å²) in [6.45, 7) is -0.000591. The Labute approximate surface area is 226 Å². The van der Waals surface area contributed by atoms with Gasteiger partial charge in [0.15, 0.2) is 10.4 Å². The molecule has 0 spiro atoms. The molecule has 0 saturated carbocycles. The van der Waals surface area contributed by atoms with Crippen LogP contribution in [-0.4, -0.2) is 57.1 Å². The minimum absolute atomic E-state index is 0.000591. The highest BCUT2D eigenvalue weighted by molar-refractivity contribution is 8.07. The number of nitrogens with one attached hydrogen (secondary N) is 1. The molecule has 11 heteroatoms. The number of esters is 1. The van der Waals surface area contributed by atoms with E-state index in [1.165, 1.54) is 39.8 Å². The number of aliphatic hydroxyl groups is 1. The summed E-state index contributed by atoms with van der Waals surface area (Å²) in [7, 11) is 0. The van der Waals surface area contributed by atoms with Gasteiger partial charge in [0.05, 0.1) is 5.69 Å². The topological polar surface area (TPSA) is 109 Å². The standard InChI is InChI=1S/C26H23N3O5S3/c30-12-11-18-13-36-26(28-18)37-19-14-35-24-20(27-15-31)23(32)29(24)21(19)25(33)34-22(16-7-3-1-4-8-16)17-9-5-2-6-10-17/h1-10,13,15,20,22,24,30H,11-12,14H2,(H,27,31)/t20-,24-/m1/s1. The summed E-state index contributed by atoms with van der Waals surface area (Å²) in [5.41, 5.74) is 2.56. The molecular formula is C26H23N3O5S3. The van der Waals surface area contributed by atoms with Gasteiger partial charge in [-0.05, 0) is 11.1 Å². The highest BCUT2D eigenvalue weighted by Gasteiger charge is 2.54. The summed E-state index contributed by atoms with van der Waals surface area (Å²) >= 11 is 4.22. The van der Waals surface area contributed by atoms with Crippen LogP contribution in [0.15, 0.2) is 81.0 Å². The molecule has 2 N–H and O–H groups in total.